The number of aliphatic hydroxyl groups is 1. The standard InChI is InChI=1S/C16H18N2OS/c1-2-18-15-8-4-3-7-14(15)17-16(18)11-12(19)10-13-6-5-9-20-13/h3-9,12,19H,2,10-11H2,1H3. The summed E-state index contributed by atoms with van der Waals surface area (Å²) in [5.74, 6) is 0.970. The van der Waals surface area contributed by atoms with Crippen molar-refractivity contribution in [2.75, 3.05) is 0 Å². The molecule has 20 heavy (non-hydrogen) atoms. The zero-order valence-electron chi connectivity index (χ0n) is 11.5. The minimum atomic E-state index is -0.379. The van der Waals surface area contributed by atoms with Crippen LogP contribution in [0.2, 0.25) is 0 Å². The van der Waals surface area contributed by atoms with E-state index in [4.69, 9.17) is 0 Å². The number of aryl methyl sites for hydroxylation is 1. The highest BCUT2D eigenvalue weighted by Gasteiger charge is 2.14. The Balaban J connectivity index is 1.83. The molecule has 3 aromatic rings. The fourth-order valence-electron chi connectivity index (χ4n) is 2.58. The summed E-state index contributed by atoms with van der Waals surface area (Å²) < 4.78 is 2.19. The van der Waals surface area contributed by atoms with E-state index in [9.17, 15) is 5.11 Å². The molecule has 0 fully saturated rings. The first kappa shape index (κ1) is 13.3. The number of fused-ring (bicyclic) bond motifs is 1. The maximum atomic E-state index is 10.3. The number of imidazole rings is 1. The fraction of sp³-hybridized carbons (Fsp3) is 0.312. The third-order valence-electron chi connectivity index (χ3n) is 3.48. The molecule has 0 amide bonds. The van der Waals surface area contributed by atoms with Gasteiger partial charge in [-0.05, 0) is 30.5 Å². The molecule has 0 saturated heterocycles. The number of benzene rings is 1. The van der Waals surface area contributed by atoms with Crippen molar-refractivity contribution >= 4 is 22.4 Å². The number of aliphatic hydroxyl groups excluding tert-OH is 1. The van der Waals surface area contributed by atoms with Crippen LogP contribution in [-0.2, 0) is 19.4 Å². The van der Waals surface area contributed by atoms with Crippen molar-refractivity contribution in [3.63, 3.8) is 0 Å². The number of thiophene rings is 1. The van der Waals surface area contributed by atoms with E-state index in [1.807, 2.05) is 29.6 Å². The van der Waals surface area contributed by atoms with Crippen molar-refractivity contribution in [1.29, 1.82) is 0 Å². The predicted octanol–water partition coefficient (Wildman–Crippen LogP) is 3.26. The average Bonchev–Trinajstić information content (AvgIpc) is 3.05. The van der Waals surface area contributed by atoms with E-state index >= 15 is 0 Å². The smallest absolute Gasteiger partial charge is 0.112 e. The van der Waals surface area contributed by atoms with E-state index in [-0.39, 0.29) is 6.10 Å². The van der Waals surface area contributed by atoms with Crippen LogP contribution in [0.25, 0.3) is 11.0 Å². The molecule has 0 saturated carbocycles. The summed E-state index contributed by atoms with van der Waals surface area (Å²) >= 11 is 1.69. The summed E-state index contributed by atoms with van der Waals surface area (Å²) in [6.45, 7) is 2.99. The highest BCUT2D eigenvalue weighted by molar-refractivity contribution is 7.09. The first-order chi connectivity index (χ1) is 9.78. The van der Waals surface area contributed by atoms with Gasteiger partial charge < -0.3 is 9.67 Å². The Labute approximate surface area is 122 Å². The second-order valence-electron chi connectivity index (χ2n) is 4.90. The van der Waals surface area contributed by atoms with Gasteiger partial charge in [-0.1, -0.05) is 18.2 Å². The lowest BCUT2D eigenvalue weighted by molar-refractivity contribution is 0.173. The molecule has 3 rings (SSSR count). The highest BCUT2D eigenvalue weighted by atomic mass is 32.1. The molecule has 3 nitrogen and oxygen atoms in total. The fourth-order valence-corrected chi connectivity index (χ4v) is 3.36. The third kappa shape index (κ3) is 2.62. The van der Waals surface area contributed by atoms with Crippen LogP contribution in [0.15, 0.2) is 41.8 Å². The van der Waals surface area contributed by atoms with Crippen LogP contribution < -0.4 is 0 Å². The van der Waals surface area contributed by atoms with Crippen LogP contribution in [0.1, 0.15) is 17.6 Å². The molecule has 0 radical (unpaired) electrons. The molecule has 104 valence electrons. The molecule has 2 heterocycles. The van der Waals surface area contributed by atoms with Gasteiger partial charge in [-0.15, -0.1) is 11.3 Å². The molecular weight excluding hydrogens is 268 g/mol. The Kier molecular flexibility index (Phi) is 3.85. The lowest BCUT2D eigenvalue weighted by Gasteiger charge is -2.10. The van der Waals surface area contributed by atoms with Gasteiger partial charge in [-0.25, -0.2) is 4.98 Å². The minimum absolute atomic E-state index is 0.379. The lowest BCUT2D eigenvalue weighted by atomic mass is 10.1. The predicted molar refractivity (Wildman–Crippen MR) is 83.1 cm³/mol. The van der Waals surface area contributed by atoms with Crippen molar-refractivity contribution in [2.24, 2.45) is 0 Å². The Morgan fingerprint density at radius 3 is 2.80 bits per heavy atom. The van der Waals surface area contributed by atoms with Crippen LogP contribution in [0.4, 0.5) is 0 Å². The van der Waals surface area contributed by atoms with E-state index in [1.165, 1.54) is 4.88 Å². The number of rotatable bonds is 5. The summed E-state index contributed by atoms with van der Waals surface area (Å²) in [4.78, 5) is 5.88. The summed E-state index contributed by atoms with van der Waals surface area (Å²) in [5, 5.41) is 12.3. The first-order valence-corrected chi connectivity index (χ1v) is 7.80. The van der Waals surface area contributed by atoms with Gasteiger partial charge in [0.05, 0.1) is 17.1 Å². The molecule has 1 N–H and O–H groups in total. The van der Waals surface area contributed by atoms with Crippen LogP contribution in [0.5, 0.6) is 0 Å². The van der Waals surface area contributed by atoms with Gasteiger partial charge in [0.15, 0.2) is 0 Å². The molecule has 4 heteroatoms. The van der Waals surface area contributed by atoms with Crippen molar-refractivity contribution in [1.82, 2.24) is 9.55 Å². The monoisotopic (exact) mass is 286 g/mol. The quantitative estimate of drug-likeness (QED) is 0.781. The highest BCUT2D eigenvalue weighted by Crippen LogP contribution is 2.19. The van der Waals surface area contributed by atoms with Gasteiger partial charge in [-0.2, -0.15) is 0 Å². The topological polar surface area (TPSA) is 38.0 Å². The number of para-hydroxylation sites is 2. The molecule has 1 unspecified atom stereocenters. The molecule has 2 aromatic heterocycles. The van der Waals surface area contributed by atoms with E-state index in [0.717, 1.165) is 23.4 Å². The molecular formula is C16H18N2OS. The maximum Gasteiger partial charge on any atom is 0.112 e. The maximum absolute atomic E-state index is 10.3. The van der Waals surface area contributed by atoms with E-state index in [2.05, 4.69) is 28.6 Å². The molecule has 1 aromatic carbocycles. The van der Waals surface area contributed by atoms with Crippen molar-refractivity contribution in [2.45, 2.75) is 32.4 Å². The second-order valence-corrected chi connectivity index (χ2v) is 5.93. The zero-order chi connectivity index (χ0) is 13.9. The average molecular weight is 286 g/mol. The summed E-state index contributed by atoms with van der Waals surface area (Å²) in [7, 11) is 0. The molecule has 0 aliphatic heterocycles. The van der Waals surface area contributed by atoms with Crippen LogP contribution in [-0.4, -0.2) is 20.8 Å². The molecule has 1 atom stereocenters. The SMILES string of the molecule is CCn1c(CC(O)Cc2cccs2)nc2ccccc21. The van der Waals surface area contributed by atoms with Gasteiger partial charge in [0, 0.05) is 24.3 Å². The van der Waals surface area contributed by atoms with E-state index in [1.54, 1.807) is 11.3 Å². The molecule has 0 aliphatic carbocycles. The second kappa shape index (κ2) is 5.77. The minimum Gasteiger partial charge on any atom is -0.392 e. The third-order valence-corrected chi connectivity index (χ3v) is 4.38. The lowest BCUT2D eigenvalue weighted by Crippen LogP contribution is -2.16. The molecule has 0 spiro atoms. The Bertz CT molecular complexity index is 688. The zero-order valence-corrected chi connectivity index (χ0v) is 12.3. The Morgan fingerprint density at radius 1 is 1.20 bits per heavy atom. The summed E-state index contributed by atoms with van der Waals surface area (Å²) in [5.41, 5.74) is 2.15. The first-order valence-electron chi connectivity index (χ1n) is 6.92. The Morgan fingerprint density at radius 2 is 2.05 bits per heavy atom. The normalized spacial score (nSPS) is 12.9. The van der Waals surface area contributed by atoms with Crippen molar-refractivity contribution < 1.29 is 5.11 Å². The van der Waals surface area contributed by atoms with Crippen molar-refractivity contribution in [3.8, 4) is 0 Å². The van der Waals surface area contributed by atoms with Crippen LogP contribution in [0.3, 0.4) is 0 Å². The largest absolute Gasteiger partial charge is 0.392 e. The van der Waals surface area contributed by atoms with Gasteiger partial charge >= 0.3 is 0 Å². The van der Waals surface area contributed by atoms with E-state index < -0.39 is 0 Å². The number of hydrogen-bond donors (Lipinski definition) is 1. The van der Waals surface area contributed by atoms with Crippen LogP contribution >= 0.6 is 11.3 Å². The number of aromatic nitrogens is 2. The number of nitrogens with zero attached hydrogens (tertiary/aromatic N) is 2. The van der Waals surface area contributed by atoms with E-state index in [0.29, 0.717) is 12.8 Å². The van der Waals surface area contributed by atoms with Crippen molar-refractivity contribution in [3.05, 3.63) is 52.5 Å². The Hall–Kier alpha value is -1.65. The summed E-state index contributed by atoms with van der Waals surface area (Å²) in [6.07, 6.45) is 0.918. The molecule has 0 bridgehead atoms. The number of hydrogen-bond acceptors (Lipinski definition) is 3. The van der Waals surface area contributed by atoms with Crippen LogP contribution in [0, 0.1) is 0 Å². The summed E-state index contributed by atoms with van der Waals surface area (Å²) in [6, 6.07) is 12.2. The van der Waals surface area contributed by atoms with Gasteiger partial charge in [0.2, 0.25) is 0 Å². The van der Waals surface area contributed by atoms with Gasteiger partial charge in [0.25, 0.3) is 0 Å². The molecule has 0 aliphatic rings. The van der Waals surface area contributed by atoms with Gasteiger partial charge in [-0.3, -0.25) is 0 Å². The van der Waals surface area contributed by atoms with Gasteiger partial charge in [0.1, 0.15) is 5.82 Å².